The minimum absolute atomic E-state index is 0.224. The van der Waals surface area contributed by atoms with E-state index in [1.165, 1.54) is 11.1 Å². The zero-order chi connectivity index (χ0) is 13.2. The lowest BCUT2D eigenvalue weighted by Gasteiger charge is -2.21. The molecule has 1 aromatic carbocycles. The molecule has 18 heavy (non-hydrogen) atoms. The number of rotatable bonds is 4. The Labute approximate surface area is 109 Å². The zero-order valence-electron chi connectivity index (χ0n) is 11.5. The van der Waals surface area contributed by atoms with E-state index in [0.29, 0.717) is 5.92 Å². The summed E-state index contributed by atoms with van der Waals surface area (Å²) in [5.74, 6) is 1.45. The molecule has 0 aromatic heterocycles. The maximum atomic E-state index is 6.11. The summed E-state index contributed by atoms with van der Waals surface area (Å²) >= 11 is 0. The van der Waals surface area contributed by atoms with Crippen LogP contribution in [0.15, 0.2) is 18.2 Å². The summed E-state index contributed by atoms with van der Waals surface area (Å²) in [6.07, 6.45) is 1.93. The molecule has 1 fully saturated rings. The Bertz CT molecular complexity index is 403. The first kappa shape index (κ1) is 13.4. The third-order valence-electron chi connectivity index (χ3n) is 3.35. The Hall–Kier alpha value is -1.06. The molecule has 1 aliphatic rings. The van der Waals surface area contributed by atoms with E-state index in [4.69, 9.17) is 15.2 Å². The number of nitrogens with two attached hydrogens (primary N) is 1. The average molecular weight is 249 g/mol. The normalized spacial score (nSPS) is 20.1. The summed E-state index contributed by atoms with van der Waals surface area (Å²) in [7, 11) is 1.71. The van der Waals surface area contributed by atoms with Crippen LogP contribution in [0.4, 0.5) is 0 Å². The molecular weight excluding hydrogens is 226 g/mol. The van der Waals surface area contributed by atoms with Gasteiger partial charge in [0.25, 0.3) is 0 Å². The van der Waals surface area contributed by atoms with Crippen molar-refractivity contribution in [1.82, 2.24) is 0 Å². The van der Waals surface area contributed by atoms with Crippen molar-refractivity contribution in [2.24, 2.45) is 5.73 Å². The van der Waals surface area contributed by atoms with Gasteiger partial charge in [-0.05, 0) is 43.9 Å². The van der Waals surface area contributed by atoms with E-state index >= 15 is 0 Å². The van der Waals surface area contributed by atoms with E-state index in [9.17, 15) is 0 Å². The van der Waals surface area contributed by atoms with Crippen LogP contribution < -0.4 is 10.5 Å². The summed E-state index contributed by atoms with van der Waals surface area (Å²) in [4.78, 5) is 0. The molecule has 0 aliphatic carbocycles. The number of benzene rings is 1. The van der Waals surface area contributed by atoms with Gasteiger partial charge in [-0.15, -0.1) is 0 Å². The minimum Gasteiger partial charge on any atom is -0.496 e. The molecule has 1 heterocycles. The van der Waals surface area contributed by atoms with E-state index in [-0.39, 0.29) is 5.54 Å². The molecule has 0 bridgehead atoms. The van der Waals surface area contributed by atoms with Gasteiger partial charge in [0.2, 0.25) is 0 Å². The molecule has 0 saturated carbocycles. The second-order valence-electron chi connectivity index (χ2n) is 5.80. The molecule has 2 N–H and O–H groups in total. The quantitative estimate of drug-likeness (QED) is 0.891. The van der Waals surface area contributed by atoms with Crippen LogP contribution >= 0.6 is 0 Å². The van der Waals surface area contributed by atoms with E-state index in [0.717, 1.165) is 31.8 Å². The van der Waals surface area contributed by atoms with Crippen molar-refractivity contribution in [3.8, 4) is 5.75 Å². The fraction of sp³-hybridized carbons (Fsp3) is 0.600. The van der Waals surface area contributed by atoms with Crippen LogP contribution in [0.1, 0.15) is 37.3 Å². The first-order valence-electron chi connectivity index (χ1n) is 6.53. The lowest BCUT2D eigenvalue weighted by molar-refractivity contribution is 0.194. The van der Waals surface area contributed by atoms with E-state index in [1.54, 1.807) is 7.11 Å². The summed E-state index contributed by atoms with van der Waals surface area (Å²) in [5, 5.41) is 0. The van der Waals surface area contributed by atoms with E-state index < -0.39 is 0 Å². The van der Waals surface area contributed by atoms with Gasteiger partial charge < -0.3 is 15.2 Å². The molecule has 0 radical (unpaired) electrons. The number of methoxy groups -OCH3 is 1. The Morgan fingerprint density at radius 2 is 2.22 bits per heavy atom. The average Bonchev–Trinajstić information content (AvgIpc) is 2.80. The SMILES string of the molecule is COc1ccc(C2CCOC2)cc1CC(C)(C)N. The maximum absolute atomic E-state index is 6.11. The molecule has 0 spiro atoms. The van der Waals surface area contributed by atoms with Gasteiger partial charge >= 0.3 is 0 Å². The van der Waals surface area contributed by atoms with Crippen molar-refractivity contribution in [1.29, 1.82) is 0 Å². The third kappa shape index (κ3) is 3.24. The minimum atomic E-state index is -0.224. The van der Waals surface area contributed by atoms with Crippen LogP contribution in [0.3, 0.4) is 0 Å². The maximum Gasteiger partial charge on any atom is 0.122 e. The van der Waals surface area contributed by atoms with Gasteiger partial charge in [0.1, 0.15) is 5.75 Å². The largest absolute Gasteiger partial charge is 0.496 e. The van der Waals surface area contributed by atoms with Gasteiger partial charge in [-0.3, -0.25) is 0 Å². The molecule has 1 saturated heterocycles. The van der Waals surface area contributed by atoms with Crippen LogP contribution in [0.2, 0.25) is 0 Å². The summed E-state index contributed by atoms with van der Waals surface area (Å²) in [6, 6.07) is 6.42. The predicted octanol–water partition coefficient (Wildman–Crippen LogP) is 2.48. The molecule has 2 rings (SSSR count). The van der Waals surface area contributed by atoms with Gasteiger partial charge in [-0.25, -0.2) is 0 Å². The van der Waals surface area contributed by atoms with Gasteiger partial charge in [-0.2, -0.15) is 0 Å². The Morgan fingerprint density at radius 3 is 2.78 bits per heavy atom. The molecular formula is C15H23NO2. The Kier molecular flexibility index (Phi) is 3.93. The molecule has 1 unspecified atom stereocenters. The van der Waals surface area contributed by atoms with Crippen LogP contribution in [0.25, 0.3) is 0 Å². The molecule has 3 nitrogen and oxygen atoms in total. The number of hydrogen-bond acceptors (Lipinski definition) is 3. The lowest BCUT2D eigenvalue weighted by Crippen LogP contribution is -2.34. The van der Waals surface area contributed by atoms with E-state index in [1.807, 2.05) is 13.8 Å². The second-order valence-corrected chi connectivity index (χ2v) is 5.80. The topological polar surface area (TPSA) is 44.5 Å². The Balaban J connectivity index is 2.26. The van der Waals surface area contributed by atoms with Crippen molar-refractivity contribution in [2.45, 2.75) is 38.1 Å². The molecule has 1 aromatic rings. The smallest absolute Gasteiger partial charge is 0.122 e. The van der Waals surface area contributed by atoms with Crippen LogP contribution in [-0.4, -0.2) is 25.9 Å². The number of ether oxygens (including phenoxy) is 2. The molecule has 1 aliphatic heterocycles. The summed E-state index contributed by atoms with van der Waals surface area (Å²) in [5.41, 5.74) is 8.42. The molecule has 0 amide bonds. The van der Waals surface area contributed by atoms with Crippen molar-refractivity contribution in [3.63, 3.8) is 0 Å². The highest BCUT2D eigenvalue weighted by molar-refractivity contribution is 5.39. The second kappa shape index (κ2) is 5.29. The summed E-state index contributed by atoms with van der Waals surface area (Å²) in [6.45, 7) is 5.78. The fourth-order valence-electron chi connectivity index (χ4n) is 2.48. The van der Waals surface area contributed by atoms with Crippen LogP contribution in [-0.2, 0) is 11.2 Å². The van der Waals surface area contributed by atoms with Crippen molar-refractivity contribution in [3.05, 3.63) is 29.3 Å². The van der Waals surface area contributed by atoms with Crippen LogP contribution in [0.5, 0.6) is 5.75 Å². The highest BCUT2D eigenvalue weighted by atomic mass is 16.5. The first-order chi connectivity index (χ1) is 8.49. The fourth-order valence-corrected chi connectivity index (χ4v) is 2.48. The number of hydrogen-bond donors (Lipinski definition) is 1. The molecule has 100 valence electrons. The van der Waals surface area contributed by atoms with Gasteiger partial charge in [0, 0.05) is 18.1 Å². The molecule has 3 heteroatoms. The predicted molar refractivity (Wildman–Crippen MR) is 73.1 cm³/mol. The van der Waals surface area contributed by atoms with Crippen molar-refractivity contribution >= 4 is 0 Å². The Morgan fingerprint density at radius 1 is 1.44 bits per heavy atom. The zero-order valence-corrected chi connectivity index (χ0v) is 11.5. The summed E-state index contributed by atoms with van der Waals surface area (Å²) < 4.78 is 10.9. The van der Waals surface area contributed by atoms with Crippen molar-refractivity contribution in [2.75, 3.05) is 20.3 Å². The standard InChI is InChI=1S/C15H23NO2/c1-15(2,16)9-13-8-11(4-5-14(13)17-3)12-6-7-18-10-12/h4-5,8,12H,6-7,9-10,16H2,1-3H3. The highest BCUT2D eigenvalue weighted by Crippen LogP contribution is 2.30. The van der Waals surface area contributed by atoms with Crippen molar-refractivity contribution < 1.29 is 9.47 Å². The van der Waals surface area contributed by atoms with Crippen LogP contribution in [0, 0.1) is 0 Å². The van der Waals surface area contributed by atoms with E-state index in [2.05, 4.69) is 18.2 Å². The van der Waals surface area contributed by atoms with Gasteiger partial charge in [0.05, 0.1) is 13.7 Å². The monoisotopic (exact) mass is 249 g/mol. The third-order valence-corrected chi connectivity index (χ3v) is 3.35. The molecule has 1 atom stereocenters. The van der Waals surface area contributed by atoms with Gasteiger partial charge in [-0.1, -0.05) is 12.1 Å². The lowest BCUT2D eigenvalue weighted by atomic mass is 9.91. The van der Waals surface area contributed by atoms with Gasteiger partial charge in [0.15, 0.2) is 0 Å². The highest BCUT2D eigenvalue weighted by Gasteiger charge is 2.21. The first-order valence-corrected chi connectivity index (χ1v) is 6.53.